The molecule has 1 aliphatic carbocycles. The SMILES string of the molecule is Cc1cccc(NC(=O)C2CCCN(C(=O)[C@@H]3CCC[C@@H]3CN)C2)n1. The molecular weight excluding hydrogens is 316 g/mol. The van der Waals surface area contributed by atoms with Gasteiger partial charge in [0.2, 0.25) is 11.8 Å². The molecule has 0 aromatic carbocycles. The Morgan fingerprint density at radius 3 is 2.88 bits per heavy atom. The van der Waals surface area contributed by atoms with E-state index in [9.17, 15) is 9.59 Å². The van der Waals surface area contributed by atoms with Gasteiger partial charge in [-0.25, -0.2) is 4.98 Å². The van der Waals surface area contributed by atoms with Crippen LogP contribution in [0.3, 0.4) is 0 Å². The van der Waals surface area contributed by atoms with Gasteiger partial charge in [0.25, 0.3) is 0 Å². The van der Waals surface area contributed by atoms with Gasteiger partial charge in [-0.3, -0.25) is 9.59 Å². The van der Waals surface area contributed by atoms with Gasteiger partial charge in [-0.2, -0.15) is 0 Å². The summed E-state index contributed by atoms with van der Waals surface area (Å²) in [6, 6.07) is 5.56. The largest absolute Gasteiger partial charge is 0.342 e. The number of carbonyl (C=O) groups excluding carboxylic acids is 2. The fraction of sp³-hybridized carbons (Fsp3) is 0.632. The smallest absolute Gasteiger partial charge is 0.230 e. The van der Waals surface area contributed by atoms with Crippen LogP contribution in [0.5, 0.6) is 0 Å². The predicted octanol–water partition coefficient (Wildman–Crippen LogP) is 1.94. The topological polar surface area (TPSA) is 88.3 Å². The zero-order valence-corrected chi connectivity index (χ0v) is 14.9. The third kappa shape index (κ3) is 4.18. The summed E-state index contributed by atoms with van der Waals surface area (Å²) in [5.74, 6) is 0.908. The number of amides is 2. The van der Waals surface area contributed by atoms with Crippen molar-refractivity contribution >= 4 is 17.6 Å². The summed E-state index contributed by atoms with van der Waals surface area (Å²) in [6.45, 7) is 3.72. The predicted molar refractivity (Wildman–Crippen MR) is 96.8 cm³/mol. The Bertz CT molecular complexity index is 634. The Morgan fingerprint density at radius 2 is 2.12 bits per heavy atom. The maximum Gasteiger partial charge on any atom is 0.230 e. The third-order valence-corrected chi connectivity index (χ3v) is 5.52. The molecule has 25 heavy (non-hydrogen) atoms. The number of piperidine rings is 1. The highest BCUT2D eigenvalue weighted by atomic mass is 16.2. The van der Waals surface area contributed by atoms with Crippen molar-refractivity contribution in [3.8, 4) is 0 Å². The molecule has 3 atom stereocenters. The molecule has 0 bridgehead atoms. The standard InChI is InChI=1S/C19H28N4O2/c1-13-5-2-9-17(21-13)22-18(24)15-7-4-10-23(12-15)19(25)16-8-3-6-14(16)11-20/h2,5,9,14-16H,3-4,6-8,10-12,20H2,1H3,(H,21,22,24)/t14-,15?,16-/m1/s1. The maximum atomic E-state index is 12.9. The lowest BCUT2D eigenvalue weighted by Crippen LogP contribution is -2.47. The summed E-state index contributed by atoms with van der Waals surface area (Å²) < 4.78 is 0. The van der Waals surface area contributed by atoms with E-state index in [1.54, 1.807) is 6.07 Å². The molecule has 6 nitrogen and oxygen atoms in total. The zero-order valence-electron chi connectivity index (χ0n) is 14.9. The molecule has 1 aromatic rings. The van der Waals surface area contributed by atoms with Crippen molar-refractivity contribution in [1.29, 1.82) is 0 Å². The summed E-state index contributed by atoms with van der Waals surface area (Å²) in [4.78, 5) is 31.7. The summed E-state index contributed by atoms with van der Waals surface area (Å²) in [6.07, 6.45) is 4.73. The van der Waals surface area contributed by atoms with Crippen molar-refractivity contribution < 1.29 is 9.59 Å². The van der Waals surface area contributed by atoms with Crippen LogP contribution in [0.2, 0.25) is 0 Å². The number of aryl methyl sites for hydroxylation is 1. The molecule has 3 rings (SSSR count). The molecule has 2 heterocycles. The van der Waals surface area contributed by atoms with Crippen LogP contribution in [0.15, 0.2) is 18.2 Å². The summed E-state index contributed by atoms with van der Waals surface area (Å²) in [7, 11) is 0. The van der Waals surface area contributed by atoms with Crippen molar-refractivity contribution in [3.05, 3.63) is 23.9 Å². The first kappa shape index (κ1) is 17.9. The van der Waals surface area contributed by atoms with E-state index in [2.05, 4.69) is 10.3 Å². The van der Waals surface area contributed by atoms with Crippen molar-refractivity contribution in [1.82, 2.24) is 9.88 Å². The van der Waals surface area contributed by atoms with Gasteiger partial charge < -0.3 is 16.0 Å². The van der Waals surface area contributed by atoms with Crippen LogP contribution in [-0.4, -0.2) is 41.3 Å². The Morgan fingerprint density at radius 1 is 1.28 bits per heavy atom. The van der Waals surface area contributed by atoms with Crippen LogP contribution in [0.4, 0.5) is 5.82 Å². The lowest BCUT2D eigenvalue weighted by molar-refractivity contribution is -0.139. The number of hydrogen-bond donors (Lipinski definition) is 2. The number of anilines is 1. The van der Waals surface area contributed by atoms with Gasteiger partial charge in [-0.15, -0.1) is 0 Å². The fourth-order valence-corrected chi connectivity index (χ4v) is 4.11. The first-order chi connectivity index (χ1) is 12.1. The minimum atomic E-state index is -0.169. The molecule has 1 unspecified atom stereocenters. The second kappa shape index (κ2) is 7.95. The quantitative estimate of drug-likeness (QED) is 0.874. The highest BCUT2D eigenvalue weighted by Gasteiger charge is 2.37. The first-order valence-electron chi connectivity index (χ1n) is 9.32. The van der Waals surface area contributed by atoms with Crippen LogP contribution in [0.25, 0.3) is 0 Å². The molecule has 0 radical (unpaired) electrons. The van der Waals surface area contributed by atoms with Crippen molar-refractivity contribution in [2.75, 3.05) is 25.0 Å². The number of carbonyl (C=O) groups is 2. The number of aromatic nitrogens is 1. The average molecular weight is 344 g/mol. The lowest BCUT2D eigenvalue weighted by atomic mass is 9.91. The fourth-order valence-electron chi connectivity index (χ4n) is 4.11. The van der Waals surface area contributed by atoms with Gasteiger partial charge in [-0.05, 0) is 57.2 Å². The van der Waals surface area contributed by atoms with E-state index in [0.29, 0.717) is 24.8 Å². The van der Waals surface area contributed by atoms with Crippen molar-refractivity contribution in [2.45, 2.75) is 39.0 Å². The number of rotatable bonds is 4. The Kier molecular flexibility index (Phi) is 5.68. The molecule has 2 fully saturated rings. The van der Waals surface area contributed by atoms with Gasteiger partial charge >= 0.3 is 0 Å². The molecule has 1 saturated carbocycles. The molecule has 2 aliphatic rings. The van der Waals surface area contributed by atoms with E-state index in [-0.39, 0.29) is 23.7 Å². The number of hydrogen-bond acceptors (Lipinski definition) is 4. The van der Waals surface area contributed by atoms with E-state index < -0.39 is 0 Å². The van der Waals surface area contributed by atoms with Gasteiger partial charge in [0.1, 0.15) is 5.82 Å². The molecule has 2 amide bonds. The molecular formula is C19H28N4O2. The van der Waals surface area contributed by atoms with Crippen molar-refractivity contribution in [3.63, 3.8) is 0 Å². The zero-order chi connectivity index (χ0) is 17.8. The Balaban J connectivity index is 1.60. The lowest BCUT2D eigenvalue weighted by Gasteiger charge is -2.34. The van der Waals surface area contributed by atoms with Gasteiger partial charge in [0.15, 0.2) is 0 Å². The van der Waals surface area contributed by atoms with Crippen LogP contribution in [0.1, 0.15) is 37.8 Å². The van der Waals surface area contributed by atoms with E-state index in [4.69, 9.17) is 5.73 Å². The van der Waals surface area contributed by atoms with Crippen LogP contribution in [0, 0.1) is 24.7 Å². The van der Waals surface area contributed by atoms with Crippen LogP contribution < -0.4 is 11.1 Å². The maximum absolute atomic E-state index is 12.9. The number of likely N-dealkylation sites (tertiary alicyclic amines) is 1. The van der Waals surface area contributed by atoms with E-state index in [1.165, 1.54) is 0 Å². The number of nitrogens with two attached hydrogens (primary N) is 1. The van der Waals surface area contributed by atoms with Crippen molar-refractivity contribution in [2.24, 2.45) is 23.5 Å². The summed E-state index contributed by atoms with van der Waals surface area (Å²) in [5, 5.41) is 2.89. The molecule has 6 heteroatoms. The molecule has 1 aliphatic heterocycles. The second-order valence-corrected chi connectivity index (χ2v) is 7.31. The normalized spacial score (nSPS) is 26.5. The second-order valence-electron chi connectivity index (χ2n) is 7.31. The number of nitrogens with zero attached hydrogens (tertiary/aromatic N) is 2. The van der Waals surface area contributed by atoms with Crippen LogP contribution >= 0.6 is 0 Å². The Labute approximate surface area is 149 Å². The third-order valence-electron chi connectivity index (χ3n) is 5.52. The van der Waals surface area contributed by atoms with Gasteiger partial charge in [0.05, 0.1) is 5.92 Å². The summed E-state index contributed by atoms with van der Waals surface area (Å²) in [5.41, 5.74) is 6.69. The molecule has 1 saturated heterocycles. The van der Waals surface area contributed by atoms with E-state index in [1.807, 2.05) is 24.0 Å². The molecule has 3 N–H and O–H groups in total. The molecule has 136 valence electrons. The first-order valence-corrected chi connectivity index (χ1v) is 9.32. The monoisotopic (exact) mass is 344 g/mol. The molecule has 0 spiro atoms. The Hall–Kier alpha value is -1.95. The van der Waals surface area contributed by atoms with E-state index >= 15 is 0 Å². The van der Waals surface area contributed by atoms with E-state index in [0.717, 1.165) is 44.3 Å². The minimum absolute atomic E-state index is 0.0441. The number of pyridine rings is 1. The minimum Gasteiger partial charge on any atom is -0.342 e. The highest BCUT2D eigenvalue weighted by molar-refractivity contribution is 5.92. The summed E-state index contributed by atoms with van der Waals surface area (Å²) >= 11 is 0. The average Bonchev–Trinajstić information content (AvgIpc) is 3.10. The van der Waals surface area contributed by atoms with Gasteiger partial charge in [0, 0.05) is 24.7 Å². The highest BCUT2D eigenvalue weighted by Crippen LogP contribution is 2.33. The molecule has 1 aromatic heterocycles. The number of nitrogens with one attached hydrogen (secondary N) is 1. The van der Waals surface area contributed by atoms with Gasteiger partial charge in [-0.1, -0.05) is 12.5 Å². The van der Waals surface area contributed by atoms with Crippen LogP contribution in [-0.2, 0) is 9.59 Å².